The molecule has 0 saturated carbocycles. The number of rotatable bonds is 7. The highest BCUT2D eigenvalue weighted by Crippen LogP contribution is 2.38. The molecule has 8 nitrogen and oxygen atoms in total. The number of amides is 1. The number of nitrogens with one attached hydrogen (secondary N) is 2. The van der Waals surface area contributed by atoms with Crippen LogP contribution in [-0.2, 0) is 27.1 Å². The van der Waals surface area contributed by atoms with Crippen LogP contribution in [0.25, 0.3) is 22.4 Å². The number of anilines is 1. The third-order valence-corrected chi connectivity index (χ3v) is 7.76. The summed E-state index contributed by atoms with van der Waals surface area (Å²) in [6.45, 7) is 3.52. The summed E-state index contributed by atoms with van der Waals surface area (Å²) in [5.74, 6) is -0.868. The van der Waals surface area contributed by atoms with E-state index in [9.17, 15) is 14.4 Å². The summed E-state index contributed by atoms with van der Waals surface area (Å²) in [7, 11) is 0. The monoisotopic (exact) mass is 531 g/mol. The zero-order valence-corrected chi connectivity index (χ0v) is 22.2. The molecule has 38 heavy (non-hydrogen) atoms. The van der Waals surface area contributed by atoms with E-state index in [1.165, 1.54) is 18.3 Å². The van der Waals surface area contributed by atoms with Gasteiger partial charge in [-0.25, -0.2) is 14.6 Å². The van der Waals surface area contributed by atoms with Gasteiger partial charge in [0.1, 0.15) is 10.8 Å². The Kier molecular flexibility index (Phi) is 7.55. The van der Waals surface area contributed by atoms with Crippen LogP contribution < -0.4 is 5.32 Å². The summed E-state index contributed by atoms with van der Waals surface area (Å²) in [6.07, 6.45) is 3.72. The first kappa shape index (κ1) is 25.7. The highest BCUT2D eigenvalue weighted by atomic mass is 32.1. The van der Waals surface area contributed by atoms with Crippen LogP contribution in [-0.4, -0.2) is 40.5 Å². The number of carbonyl (C=O) groups is 3. The summed E-state index contributed by atoms with van der Waals surface area (Å²) < 4.78 is 10.8. The van der Waals surface area contributed by atoms with Crippen LogP contribution >= 0.6 is 11.3 Å². The van der Waals surface area contributed by atoms with Crippen LogP contribution in [0.15, 0.2) is 48.5 Å². The van der Waals surface area contributed by atoms with Crippen molar-refractivity contribution in [3.05, 3.63) is 70.1 Å². The fraction of sp³-hybridized carbons (Fsp3) is 0.310. The average Bonchev–Trinajstić information content (AvgIpc) is 3.42. The number of aromatic nitrogens is 2. The standard InChI is InChI=1S/C29H29N3O5S/c1-3-36-29(35)24-20-12-8-5-9-13-23(20)38-27(24)32-26(33)17(2)37-28(34)19-14-15-21-22(16-19)31-25(30-21)18-10-6-4-7-11-18/h4,6-7,10-11,14-17H,3,5,8-9,12-13H2,1-2H3,(H,30,31)(H,32,33). The largest absolute Gasteiger partial charge is 0.462 e. The lowest BCUT2D eigenvalue weighted by molar-refractivity contribution is -0.123. The third kappa shape index (κ3) is 5.33. The maximum absolute atomic E-state index is 13.0. The summed E-state index contributed by atoms with van der Waals surface area (Å²) >= 11 is 1.41. The predicted octanol–water partition coefficient (Wildman–Crippen LogP) is 5.92. The van der Waals surface area contributed by atoms with Crippen molar-refractivity contribution in [2.24, 2.45) is 0 Å². The minimum atomic E-state index is -1.07. The van der Waals surface area contributed by atoms with Crippen molar-refractivity contribution in [2.75, 3.05) is 11.9 Å². The molecule has 0 saturated heterocycles. The molecule has 1 aliphatic rings. The van der Waals surface area contributed by atoms with Gasteiger partial charge in [0, 0.05) is 10.4 Å². The Morgan fingerprint density at radius 3 is 2.63 bits per heavy atom. The first-order valence-electron chi connectivity index (χ1n) is 12.8. The topological polar surface area (TPSA) is 110 Å². The Bertz CT molecular complexity index is 1490. The van der Waals surface area contributed by atoms with Gasteiger partial charge in [-0.15, -0.1) is 11.3 Å². The third-order valence-electron chi connectivity index (χ3n) is 6.56. The minimum Gasteiger partial charge on any atom is -0.462 e. The van der Waals surface area contributed by atoms with Gasteiger partial charge in [0.25, 0.3) is 5.91 Å². The van der Waals surface area contributed by atoms with Crippen molar-refractivity contribution < 1.29 is 23.9 Å². The SMILES string of the molecule is CCOC(=O)c1c(NC(=O)C(C)OC(=O)c2ccc3nc(-c4ccccc4)[nH]c3c2)sc2c1CCCCC2. The molecule has 5 rings (SSSR count). The maximum Gasteiger partial charge on any atom is 0.341 e. The molecular formula is C29H29N3O5S. The number of aryl methyl sites for hydroxylation is 1. The van der Waals surface area contributed by atoms with E-state index in [1.807, 2.05) is 30.3 Å². The number of esters is 2. The predicted molar refractivity (Wildman–Crippen MR) is 147 cm³/mol. The number of hydrogen-bond donors (Lipinski definition) is 2. The van der Waals surface area contributed by atoms with Gasteiger partial charge in [-0.05, 0) is 63.3 Å². The van der Waals surface area contributed by atoms with Gasteiger partial charge in [-0.2, -0.15) is 0 Å². The minimum absolute atomic E-state index is 0.248. The zero-order chi connectivity index (χ0) is 26.6. The summed E-state index contributed by atoms with van der Waals surface area (Å²) in [5.41, 5.74) is 4.04. The van der Waals surface area contributed by atoms with Crippen molar-refractivity contribution in [3.8, 4) is 11.4 Å². The second-order valence-corrected chi connectivity index (χ2v) is 10.3. The van der Waals surface area contributed by atoms with E-state index in [-0.39, 0.29) is 6.61 Å². The van der Waals surface area contributed by atoms with Gasteiger partial charge >= 0.3 is 11.9 Å². The summed E-state index contributed by atoms with van der Waals surface area (Å²) in [5, 5.41) is 3.27. The maximum atomic E-state index is 13.0. The van der Waals surface area contributed by atoms with E-state index in [4.69, 9.17) is 9.47 Å². The molecule has 1 aliphatic carbocycles. The average molecular weight is 532 g/mol. The summed E-state index contributed by atoms with van der Waals surface area (Å²) in [4.78, 5) is 47.6. The Morgan fingerprint density at radius 1 is 1.05 bits per heavy atom. The molecule has 2 aromatic carbocycles. The van der Waals surface area contributed by atoms with Crippen LogP contribution in [0.4, 0.5) is 5.00 Å². The van der Waals surface area contributed by atoms with Crippen LogP contribution in [0.5, 0.6) is 0 Å². The molecule has 196 valence electrons. The smallest absolute Gasteiger partial charge is 0.341 e. The Hall–Kier alpha value is -3.98. The number of carbonyl (C=O) groups excluding carboxylic acids is 3. The van der Waals surface area contributed by atoms with Crippen LogP contribution in [0.3, 0.4) is 0 Å². The molecule has 4 aromatic rings. The van der Waals surface area contributed by atoms with Gasteiger partial charge in [-0.3, -0.25) is 4.79 Å². The molecular weight excluding hydrogens is 502 g/mol. The normalized spacial score (nSPS) is 13.8. The molecule has 2 heterocycles. The first-order valence-corrected chi connectivity index (χ1v) is 13.6. The Balaban J connectivity index is 1.30. The quantitative estimate of drug-likeness (QED) is 0.226. The second-order valence-electron chi connectivity index (χ2n) is 9.21. The zero-order valence-electron chi connectivity index (χ0n) is 21.3. The molecule has 0 spiro atoms. The van der Waals surface area contributed by atoms with E-state index in [1.54, 1.807) is 25.1 Å². The Labute approximate surface area is 224 Å². The number of imidazole rings is 1. The fourth-order valence-electron chi connectivity index (χ4n) is 4.61. The highest BCUT2D eigenvalue weighted by molar-refractivity contribution is 7.17. The van der Waals surface area contributed by atoms with E-state index in [0.29, 0.717) is 27.5 Å². The number of benzene rings is 2. The molecule has 2 aromatic heterocycles. The fourth-order valence-corrected chi connectivity index (χ4v) is 5.90. The number of ether oxygens (including phenoxy) is 2. The lowest BCUT2D eigenvalue weighted by Crippen LogP contribution is -2.30. The highest BCUT2D eigenvalue weighted by Gasteiger charge is 2.28. The van der Waals surface area contributed by atoms with E-state index in [0.717, 1.165) is 53.6 Å². The molecule has 2 N–H and O–H groups in total. The molecule has 0 fully saturated rings. The number of hydrogen-bond acceptors (Lipinski definition) is 7. The van der Waals surface area contributed by atoms with Crippen molar-refractivity contribution in [3.63, 3.8) is 0 Å². The van der Waals surface area contributed by atoms with E-state index in [2.05, 4.69) is 15.3 Å². The van der Waals surface area contributed by atoms with Gasteiger partial charge in [0.05, 0.1) is 28.8 Å². The van der Waals surface area contributed by atoms with Crippen LogP contribution in [0, 0.1) is 0 Å². The summed E-state index contributed by atoms with van der Waals surface area (Å²) in [6, 6.07) is 14.7. The molecule has 9 heteroatoms. The van der Waals surface area contributed by atoms with Crippen LogP contribution in [0.1, 0.15) is 64.3 Å². The van der Waals surface area contributed by atoms with Gasteiger partial charge in [-0.1, -0.05) is 36.8 Å². The van der Waals surface area contributed by atoms with Crippen molar-refractivity contribution in [2.45, 2.75) is 52.1 Å². The number of thiophene rings is 1. The van der Waals surface area contributed by atoms with Crippen LogP contribution in [0.2, 0.25) is 0 Å². The van der Waals surface area contributed by atoms with Crippen molar-refractivity contribution >= 4 is 45.2 Å². The van der Waals surface area contributed by atoms with E-state index >= 15 is 0 Å². The first-order chi connectivity index (χ1) is 18.4. The lowest BCUT2D eigenvalue weighted by atomic mass is 10.1. The molecule has 0 aliphatic heterocycles. The number of H-pyrrole nitrogens is 1. The van der Waals surface area contributed by atoms with Crippen molar-refractivity contribution in [1.29, 1.82) is 0 Å². The van der Waals surface area contributed by atoms with Gasteiger partial charge < -0.3 is 19.8 Å². The number of nitrogens with zero attached hydrogens (tertiary/aromatic N) is 1. The number of fused-ring (bicyclic) bond motifs is 2. The molecule has 1 unspecified atom stereocenters. The van der Waals surface area contributed by atoms with Gasteiger partial charge in [0.15, 0.2) is 6.10 Å². The molecule has 0 bridgehead atoms. The van der Waals surface area contributed by atoms with E-state index < -0.39 is 23.9 Å². The molecule has 0 radical (unpaired) electrons. The number of aromatic amines is 1. The Morgan fingerprint density at radius 2 is 1.84 bits per heavy atom. The second kappa shape index (κ2) is 11.2. The lowest BCUT2D eigenvalue weighted by Gasteiger charge is -2.14. The van der Waals surface area contributed by atoms with Crippen molar-refractivity contribution in [1.82, 2.24) is 9.97 Å². The molecule has 1 atom stereocenters. The molecule has 1 amide bonds. The van der Waals surface area contributed by atoms with Gasteiger partial charge in [0.2, 0.25) is 0 Å².